The van der Waals surface area contributed by atoms with Crippen LogP contribution in [0.4, 0.5) is 0 Å². The average Bonchev–Trinajstić information content (AvgIpc) is 2.41. The van der Waals surface area contributed by atoms with Crippen molar-refractivity contribution in [1.29, 1.82) is 0 Å². The summed E-state index contributed by atoms with van der Waals surface area (Å²) in [5.74, 6) is 7.13. The van der Waals surface area contributed by atoms with Crippen molar-refractivity contribution in [2.45, 2.75) is 26.7 Å². The minimum atomic E-state index is 0.934. The van der Waals surface area contributed by atoms with Crippen LogP contribution in [0.15, 0.2) is 0 Å². The molecule has 1 aliphatic heterocycles. The van der Waals surface area contributed by atoms with Gasteiger partial charge in [-0.15, -0.1) is 0 Å². The van der Waals surface area contributed by atoms with Gasteiger partial charge in [-0.3, -0.25) is 0 Å². The summed E-state index contributed by atoms with van der Waals surface area (Å²) in [4.78, 5) is 0. The number of hydrogen-bond acceptors (Lipinski definition) is 1. The van der Waals surface area contributed by atoms with Crippen LogP contribution in [0.5, 0.6) is 0 Å². The first-order chi connectivity index (χ1) is 5.29. The lowest BCUT2D eigenvalue weighted by Crippen LogP contribution is -2.17. The van der Waals surface area contributed by atoms with Crippen LogP contribution >= 0.6 is 11.8 Å². The third-order valence-corrected chi connectivity index (χ3v) is 4.81. The van der Waals surface area contributed by atoms with E-state index in [1.54, 1.807) is 0 Å². The number of rotatable bonds is 1. The SMILES string of the molecule is CC(C)C1CCC2CSCC21. The topological polar surface area (TPSA) is 0 Å². The van der Waals surface area contributed by atoms with Crippen LogP contribution in [-0.2, 0) is 0 Å². The van der Waals surface area contributed by atoms with E-state index in [0.29, 0.717) is 0 Å². The predicted octanol–water partition coefficient (Wildman–Crippen LogP) is 3.03. The Morgan fingerprint density at radius 2 is 2.00 bits per heavy atom. The molecule has 0 amide bonds. The Balaban J connectivity index is 2.03. The van der Waals surface area contributed by atoms with E-state index in [9.17, 15) is 0 Å². The Labute approximate surface area is 74.1 Å². The summed E-state index contributed by atoms with van der Waals surface area (Å²) in [7, 11) is 0. The van der Waals surface area contributed by atoms with Gasteiger partial charge in [0.1, 0.15) is 0 Å². The lowest BCUT2D eigenvalue weighted by molar-refractivity contribution is 0.296. The second kappa shape index (κ2) is 3.01. The molecule has 2 aliphatic rings. The number of hydrogen-bond donors (Lipinski definition) is 0. The molecule has 11 heavy (non-hydrogen) atoms. The zero-order valence-electron chi connectivity index (χ0n) is 7.55. The molecule has 0 bridgehead atoms. The van der Waals surface area contributed by atoms with Gasteiger partial charge in [0, 0.05) is 0 Å². The van der Waals surface area contributed by atoms with Crippen molar-refractivity contribution in [2.75, 3.05) is 11.5 Å². The molecule has 2 fully saturated rings. The van der Waals surface area contributed by atoms with Crippen molar-refractivity contribution in [3.05, 3.63) is 0 Å². The third kappa shape index (κ3) is 1.32. The van der Waals surface area contributed by atoms with Crippen molar-refractivity contribution in [2.24, 2.45) is 23.7 Å². The van der Waals surface area contributed by atoms with Crippen LogP contribution in [0.1, 0.15) is 26.7 Å². The predicted molar refractivity (Wildman–Crippen MR) is 51.9 cm³/mol. The lowest BCUT2D eigenvalue weighted by atomic mass is 9.85. The largest absolute Gasteiger partial charge is 0.161 e. The molecule has 64 valence electrons. The monoisotopic (exact) mass is 170 g/mol. The van der Waals surface area contributed by atoms with Crippen molar-refractivity contribution in [3.8, 4) is 0 Å². The quantitative estimate of drug-likeness (QED) is 0.583. The molecule has 0 N–H and O–H groups in total. The first kappa shape index (κ1) is 7.97. The molecule has 1 aliphatic carbocycles. The Kier molecular flexibility index (Phi) is 2.18. The molecule has 3 atom stereocenters. The van der Waals surface area contributed by atoms with Gasteiger partial charge < -0.3 is 0 Å². The normalized spacial score (nSPS) is 43.4. The summed E-state index contributed by atoms with van der Waals surface area (Å²) < 4.78 is 0. The second-order valence-electron chi connectivity index (χ2n) is 4.45. The maximum absolute atomic E-state index is 2.40. The standard InChI is InChI=1S/C10H18S/c1-7(2)9-4-3-8-5-11-6-10(8)9/h7-10H,3-6H2,1-2H3. The smallest absolute Gasteiger partial charge is 0.00333 e. The van der Waals surface area contributed by atoms with Gasteiger partial charge in [-0.2, -0.15) is 11.8 Å². The fraction of sp³-hybridized carbons (Fsp3) is 1.00. The molecule has 0 aromatic rings. The molecule has 1 heteroatoms. The molecule has 2 rings (SSSR count). The van der Waals surface area contributed by atoms with Crippen LogP contribution in [0.3, 0.4) is 0 Å². The highest BCUT2D eigenvalue weighted by Gasteiger charge is 2.40. The minimum absolute atomic E-state index is 0.934. The second-order valence-corrected chi connectivity index (χ2v) is 5.52. The van der Waals surface area contributed by atoms with Gasteiger partial charge in [-0.1, -0.05) is 13.8 Å². The molecule has 0 spiro atoms. The van der Waals surface area contributed by atoms with Gasteiger partial charge in [0.15, 0.2) is 0 Å². The summed E-state index contributed by atoms with van der Waals surface area (Å²) >= 11 is 2.19. The van der Waals surface area contributed by atoms with Gasteiger partial charge in [-0.05, 0) is 48.0 Å². The molecule has 1 saturated heterocycles. The maximum atomic E-state index is 2.40. The van der Waals surface area contributed by atoms with Gasteiger partial charge in [0.25, 0.3) is 0 Å². The van der Waals surface area contributed by atoms with E-state index < -0.39 is 0 Å². The third-order valence-electron chi connectivity index (χ3n) is 3.52. The van der Waals surface area contributed by atoms with Crippen molar-refractivity contribution in [1.82, 2.24) is 0 Å². The first-order valence-electron chi connectivity index (χ1n) is 4.87. The fourth-order valence-electron chi connectivity index (χ4n) is 2.83. The summed E-state index contributed by atoms with van der Waals surface area (Å²) in [5, 5.41) is 0. The van der Waals surface area contributed by atoms with E-state index in [2.05, 4.69) is 25.6 Å². The summed E-state index contributed by atoms with van der Waals surface area (Å²) in [6.45, 7) is 4.80. The van der Waals surface area contributed by atoms with Crippen LogP contribution in [0, 0.1) is 23.7 Å². The minimum Gasteiger partial charge on any atom is -0.161 e. The number of fused-ring (bicyclic) bond motifs is 1. The van der Waals surface area contributed by atoms with E-state index in [4.69, 9.17) is 0 Å². The van der Waals surface area contributed by atoms with Gasteiger partial charge in [0.05, 0.1) is 0 Å². The Morgan fingerprint density at radius 3 is 2.73 bits per heavy atom. The molecule has 1 heterocycles. The highest BCUT2D eigenvalue weighted by Crippen LogP contribution is 2.48. The zero-order chi connectivity index (χ0) is 7.84. The molecule has 0 aromatic carbocycles. The van der Waals surface area contributed by atoms with Gasteiger partial charge in [-0.25, -0.2) is 0 Å². The fourth-order valence-corrected chi connectivity index (χ4v) is 4.48. The van der Waals surface area contributed by atoms with Crippen molar-refractivity contribution >= 4 is 11.8 Å². The van der Waals surface area contributed by atoms with Crippen LogP contribution in [0.2, 0.25) is 0 Å². The van der Waals surface area contributed by atoms with Gasteiger partial charge in [0.2, 0.25) is 0 Å². The first-order valence-corrected chi connectivity index (χ1v) is 6.02. The Morgan fingerprint density at radius 1 is 1.18 bits per heavy atom. The van der Waals surface area contributed by atoms with Crippen LogP contribution < -0.4 is 0 Å². The summed E-state index contributed by atoms with van der Waals surface area (Å²) in [6.07, 6.45) is 3.05. The molecule has 3 unspecified atom stereocenters. The van der Waals surface area contributed by atoms with E-state index in [-0.39, 0.29) is 0 Å². The molecule has 0 radical (unpaired) electrons. The molecule has 0 nitrogen and oxygen atoms in total. The van der Waals surface area contributed by atoms with Crippen molar-refractivity contribution in [3.63, 3.8) is 0 Å². The molecular weight excluding hydrogens is 152 g/mol. The highest BCUT2D eigenvalue weighted by atomic mass is 32.2. The van der Waals surface area contributed by atoms with Gasteiger partial charge >= 0.3 is 0 Å². The summed E-state index contributed by atoms with van der Waals surface area (Å²) in [6, 6.07) is 0. The average molecular weight is 170 g/mol. The van der Waals surface area contributed by atoms with E-state index >= 15 is 0 Å². The molecule has 1 saturated carbocycles. The van der Waals surface area contributed by atoms with E-state index in [1.165, 1.54) is 24.3 Å². The van der Waals surface area contributed by atoms with Crippen LogP contribution in [0.25, 0.3) is 0 Å². The van der Waals surface area contributed by atoms with Crippen molar-refractivity contribution < 1.29 is 0 Å². The van der Waals surface area contributed by atoms with E-state index in [1.807, 2.05) is 0 Å². The molecular formula is C10H18S. The Bertz CT molecular complexity index is 142. The lowest BCUT2D eigenvalue weighted by Gasteiger charge is -2.21. The zero-order valence-corrected chi connectivity index (χ0v) is 8.36. The number of thioether (sulfide) groups is 1. The summed E-state index contributed by atoms with van der Waals surface area (Å²) in [5.41, 5.74) is 0. The maximum Gasteiger partial charge on any atom is -0.00333 e. The Hall–Kier alpha value is 0.350. The van der Waals surface area contributed by atoms with Crippen LogP contribution in [-0.4, -0.2) is 11.5 Å². The van der Waals surface area contributed by atoms with E-state index in [0.717, 1.165) is 23.7 Å². The molecule has 0 aromatic heterocycles. The highest BCUT2D eigenvalue weighted by molar-refractivity contribution is 7.99.